The molecule has 0 atom stereocenters. The van der Waals surface area contributed by atoms with E-state index in [0.717, 1.165) is 5.56 Å². The van der Waals surface area contributed by atoms with Crippen molar-refractivity contribution in [3.8, 4) is 11.8 Å². The number of fused-ring (bicyclic) bond motifs is 1. The maximum absolute atomic E-state index is 13.8. The van der Waals surface area contributed by atoms with Gasteiger partial charge in [-0.3, -0.25) is 5.10 Å². The molecule has 0 saturated carbocycles. The molecule has 0 fully saturated rings. The Morgan fingerprint density at radius 3 is 2.96 bits per heavy atom. The Labute approximate surface area is 154 Å². The Hall–Kier alpha value is -3.50. The van der Waals surface area contributed by atoms with Crippen molar-refractivity contribution in [2.75, 3.05) is 6.79 Å². The smallest absolute Gasteiger partial charge is 0.191 e. The molecule has 0 amide bonds. The highest BCUT2D eigenvalue weighted by molar-refractivity contribution is 5.86. The third kappa shape index (κ3) is 3.57. The van der Waals surface area contributed by atoms with Crippen LogP contribution in [0, 0.1) is 17.1 Å². The van der Waals surface area contributed by atoms with Crippen LogP contribution in [0.15, 0.2) is 47.5 Å². The zero-order valence-electron chi connectivity index (χ0n) is 14.3. The molecule has 27 heavy (non-hydrogen) atoms. The zero-order valence-corrected chi connectivity index (χ0v) is 14.3. The Kier molecular flexibility index (Phi) is 4.64. The summed E-state index contributed by atoms with van der Waals surface area (Å²) in [6.07, 6.45) is 2.00. The van der Waals surface area contributed by atoms with E-state index < -0.39 is 5.82 Å². The van der Waals surface area contributed by atoms with Gasteiger partial charge in [-0.05, 0) is 17.7 Å². The van der Waals surface area contributed by atoms with Gasteiger partial charge in [-0.25, -0.2) is 9.38 Å². The molecule has 0 unspecified atom stereocenters. The van der Waals surface area contributed by atoms with E-state index in [-0.39, 0.29) is 19.2 Å². The van der Waals surface area contributed by atoms with Gasteiger partial charge in [0.25, 0.3) is 0 Å². The number of H-pyrrole nitrogens is 1. The summed E-state index contributed by atoms with van der Waals surface area (Å²) in [5.74, 6) is 0.384. The van der Waals surface area contributed by atoms with E-state index in [1.165, 1.54) is 18.3 Å². The summed E-state index contributed by atoms with van der Waals surface area (Å²) in [4.78, 5) is 4.28. The van der Waals surface area contributed by atoms with Crippen molar-refractivity contribution in [1.29, 1.82) is 5.26 Å². The molecule has 0 radical (unpaired) electrons. The maximum atomic E-state index is 13.8. The summed E-state index contributed by atoms with van der Waals surface area (Å²) in [5, 5.41) is 16.5. The largest absolute Gasteiger partial charge is 0.466 e. The van der Waals surface area contributed by atoms with E-state index in [4.69, 9.17) is 9.47 Å². The molecule has 0 bridgehead atoms. The van der Waals surface area contributed by atoms with Gasteiger partial charge < -0.3 is 9.47 Å². The number of nitriles is 1. The van der Waals surface area contributed by atoms with E-state index in [9.17, 15) is 9.65 Å². The molecule has 1 aliphatic rings. The van der Waals surface area contributed by atoms with Gasteiger partial charge in [0.2, 0.25) is 0 Å². The molecule has 0 aliphatic carbocycles. The van der Waals surface area contributed by atoms with Gasteiger partial charge in [0.1, 0.15) is 23.2 Å². The third-order valence-electron chi connectivity index (χ3n) is 4.19. The van der Waals surface area contributed by atoms with E-state index in [1.54, 1.807) is 0 Å². The van der Waals surface area contributed by atoms with Crippen molar-refractivity contribution in [3.05, 3.63) is 76.2 Å². The topological polar surface area (TPSA) is 83.3 Å². The molecule has 3 aromatic rings. The van der Waals surface area contributed by atoms with Crippen molar-refractivity contribution >= 4 is 12.0 Å². The number of rotatable bonds is 4. The molecule has 1 aliphatic heterocycles. The van der Waals surface area contributed by atoms with Crippen LogP contribution in [0.3, 0.4) is 0 Å². The summed E-state index contributed by atoms with van der Waals surface area (Å²) in [7, 11) is 0. The number of nitrogens with zero attached hydrogens (tertiary/aromatic N) is 3. The normalized spacial score (nSPS) is 13.2. The van der Waals surface area contributed by atoms with Gasteiger partial charge in [-0.1, -0.05) is 30.3 Å². The average Bonchev–Trinajstić information content (AvgIpc) is 3.08. The average molecular weight is 362 g/mol. The first kappa shape index (κ1) is 16.9. The second-order valence-electron chi connectivity index (χ2n) is 6.03. The first-order valence-corrected chi connectivity index (χ1v) is 8.33. The number of nitrogens with one attached hydrogen (secondary N) is 1. The van der Waals surface area contributed by atoms with Crippen LogP contribution >= 0.6 is 0 Å². The molecule has 0 spiro atoms. The Morgan fingerprint density at radius 2 is 2.15 bits per heavy atom. The van der Waals surface area contributed by atoms with Crippen molar-refractivity contribution in [1.82, 2.24) is 10.2 Å². The van der Waals surface area contributed by atoms with Crippen LogP contribution in [0.1, 0.15) is 27.9 Å². The molecule has 134 valence electrons. The van der Waals surface area contributed by atoms with Crippen molar-refractivity contribution < 1.29 is 13.9 Å². The Balaban J connectivity index is 1.64. The Morgan fingerprint density at radius 1 is 1.30 bits per heavy atom. The van der Waals surface area contributed by atoms with Gasteiger partial charge in [0.15, 0.2) is 12.6 Å². The lowest BCUT2D eigenvalue weighted by molar-refractivity contribution is -0.0166. The van der Waals surface area contributed by atoms with E-state index in [1.807, 2.05) is 30.3 Å². The minimum Gasteiger partial charge on any atom is -0.466 e. The lowest BCUT2D eigenvalue weighted by Crippen LogP contribution is -2.13. The van der Waals surface area contributed by atoms with Gasteiger partial charge in [-0.2, -0.15) is 10.4 Å². The number of aromatic amines is 1. The second-order valence-corrected chi connectivity index (χ2v) is 6.03. The van der Waals surface area contributed by atoms with E-state index >= 15 is 0 Å². The fourth-order valence-corrected chi connectivity index (χ4v) is 2.94. The number of halogens is 1. The Bertz CT molecular complexity index is 1040. The molecule has 1 aromatic heterocycles. The first-order chi connectivity index (χ1) is 13.2. The number of hydrogen-bond donors (Lipinski definition) is 1. The van der Waals surface area contributed by atoms with Crippen LogP contribution in [0.2, 0.25) is 0 Å². The van der Waals surface area contributed by atoms with Crippen LogP contribution in [-0.4, -0.2) is 23.2 Å². The second kappa shape index (κ2) is 7.40. The highest BCUT2D eigenvalue weighted by Gasteiger charge is 2.17. The predicted octanol–water partition coefficient (Wildman–Crippen LogP) is 3.63. The number of aromatic nitrogens is 2. The number of benzene rings is 2. The van der Waals surface area contributed by atoms with Crippen LogP contribution in [-0.2, 0) is 17.8 Å². The summed E-state index contributed by atoms with van der Waals surface area (Å²) in [5.41, 5.74) is 3.20. The predicted molar refractivity (Wildman–Crippen MR) is 96.5 cm³/mol. The molecule has 2 aromatic carbocycles. The van der Waals surface area contributed by atoms with E-state index in [2.05, 4.69) is 21.3 Å². The van der Waals surface area contributed by atoms with Crippen LogP contribution < -0.4 is 4.74 Å². The van der Waals surface area contributed by atoms with Crippen molar-refractivity contribution in [3.63, 3.8) is 0 Å². The monoisotopic (exact) mass is 362 g/mol. The summed E-state index contributed by atoms with van der Waals surface area (Å²) >= 11 is 0. The SMILES string of the molecule is N#Cc1c(N=Cc2cc(F)cc3c2OCOC3)n[nH]c1Cc1ccccc1. The van der Waals surface area contributed by atoms with Gasteiger partial charge in [0.05, 0.1) is 12.3 Å². The molecule has 7 heteroatoms. The summed E-state index contributed by atoms with van der Waals surface area (Å²) in [6, 6.07) is 14.6. The van der Waals surface area contributed by atoms with Gasteiger partial charge in [-0.15, -0.1) is 0 Å². The minimum atomic E-state index is -0.406. The maximum Gasteiger partial charge on any atom is 0.191 e. The zero-order chi connectivity index (χ0) is 18.6. The summed E-state index contributed by atoms with van der Waals surface area (Å²) in [6.45, 7) is 0.382. The van der Waals surface area contributed by atoms with Crippen molar-refractivity contribution in [2.24, 2.45) is 4.99 Å². The molecule has 0 saturated heterocycles. The molecular formula is C20H15FN4O2. The number of ether oxygens (including phenoxy) is 2. The quantitative estimate of drug-likeness (QED) is 0.719. The van der Waals surface area contributed by atoms with Gasteiger partial charge >= 0.3 is 0 Å². The van der Waals surface area contributed by atoms with E-state index in [0.29, 0.717) is 34.6 Å². The van der Waals surface area contributed by atoms with Crippen LogP contribution in [0.5, 0.6) is 5.75 Å². The lowest BCUT2D eigenvalue weighted by Gasteiger charge is -2.19. The standard InChI is InChI=1S/C20H15FN4O2/c21-16-7-14(19-15(8-16)11-26-12-27-19)10-23-20-17(9-22)18(24-25-20)6-13-4-2-1-3-5-13/h1-5,7-8,10H,6,11-12H2,(H,24,25). The molecule has 6 nitrogen and oxygen atoms in total. The van der Waals surface area contributed by atoms with Crippen LogP contribution in [0.4, 0.5) is 10.2 Å². The third-order valence-corrected chi connectivity index (χ3v) is 4.19. The van der Waals surface area contributed by atoms with Gasteiger partial charge in [0, 0.05) is 23.8 Å². The molecular weight excluding hydrogens is 347 g/mol. The lowest BCUT2D eigenvalue weighted by atomic mass is 10.1. The number of hydrogen-bond acceptors (Lipinski definition) is 5. The first-order valence-electron chi connectivity index (χ1n) is 8.33. The summed E-state index contributed by atoms with van der Waals surface area (Å²) < 4.78 is 24.5. The highest BCUT2D eigenvalue weighted by Crippen LogP contribution is 2.29. The van der Waals surface area contributed by atoms with Crippen LogP contribution in [0.25, 0.3) is 0 Å². The minimum absolute atomic E-state index is 0.104. The fourth-order valence-electron chi connectivity index (χ4n) is 2.94. The molecule has 2 heterocycles. The highest BCUT2D eigenvalue weighted by atomic mass is 19.1. The fraction of sp³-hybridized carbons (Fsp3) is 0.150. The molecule has 1 N–H and O–H groups in total. The van der Waals surface area contributed by atoms with Crippen molar-refractivity contribution in [2.45, 2.75) is 13.0 Å². The molecule has 4 rings (SSSR count). The number of aliphatic imine (C=N–C) groups is 1.